The van der Waals surface area contributed by atoms with Gasteiger partial charge in [-0.1, -0.05) is 36.4 Å². The van der Waals surface area contributed by atoms with E-state index in [0.29, 0.717) is 19.1 Å². The van der Waals surface area contributed by atoms with Gasteiger partial charge in [0, 0.05) is 11.8 Å². The molecule has 28 heavy (non-hydrogen) atoms. The minimum Gasteiger partial charge on any atom is -0.494 e. The van der Waals surface area contributed by atoms with E-state index < -0.39 is 5.56 Å². The molecule has 146 valence electrons. The van der Waals surface area contributed by atoms with Crippen molar-refractivity contribution >= 4 is 11.6 Å². The van der Waals surface area contributed by atoms with E-state index >= 15 is 0 Å². The average Bonchev–Trinajstić information content (AvgIpc) is 2.68. The van der Waals surface area contributed by atoms with Crippen LogP contribution < -0.4 is 20.3 Å². The monoisotopic (exact) mass is 379 g/mol. The van der Waals surface area contributed by atoms with Crippen LogP contribution in [0.5, 0.6) is 11.5 Å². The van der Waals surface area contributed by atoms with Crippen LogP contribution in [0.25, 0.3) is 0 Å². The van der Waals surface area contributed by atoms with E-state index in [1.165, 1.54) is 7.11 Å². The van der Waals surface area contributed by atoms with Crippen molar-refractivity contribution in [3.63, 3.8) is 0 Å². The maximum atomic E-state index is 12.3. The molecule has 0 spiro atoms. The summed E-state index contributed by atoms with van der Waals surface area (Å²) in [5, 5.41) is 3.30. The number of rotatable bonds is 7. The van der Waals surface area contributed by atoms with Crippen LogP contribution >= 0.6 is 0 Å². The van der Waals surface area contributed by atoms with Crippen molar-refractivity contribution in [3.05, 3.63) is 75.7 Å². The molecule has 0 amide bonds. The Balaban J connectivity index is 2.02. The summed E-state index contributed by atoms with van der Waals surface area (Å²) in [6.45, 7) is 7.11. The van der Waals surface area contributed by atoms with Crippen LogP contribution in [0.1, 0.15) is 23.6 Å². The molecule has 1 aromatic heterocycles. The fraction of sp³-hybridized carbons (Fsp3) is 0.273. The molecule has 1 N–H and O–H groups in total. The maximum Gasteiger partial charge on any atom is 0.316 e. The first-order chi connectivity index (χ1) is 13.5. The second-order valence-corrected chi connectivity index (χ2v) is 6.54. The fourth-order valence-electron chi connectivity index (χ4n) is 3.01. The molecule has 0 aliphatic rings. The quantitative estimate of drug-likeness (QED) is 0.671. The van der Waals surface area contributed by atoms with Crippen molar-refractivity contribution < 1.29 is 9.47 Å². The number of anilines is 2. The molecule has 0 saturated heterocycles. The summed E-state index contributed by atoms with van der Waals surface area (Å²) in [4.78, 5) is 16.5. The van der Waals surface area contributed by atoms with Gasteiger partial charge in [-0.2, -0.15) is 4.98 Å². The largest absolute Gasteiger partial charge is 0.494 e. The lowest BCUT2D eigenvalue weighted by atomic mass is 10.1. The van der Waals surface area contributed by atoms with E-state index in [4.69, 9.17) is 9.47 Å². The third-order valence-electron chi connectivity index (χ3n) is 4.45. The molecule has 2 aromatic carbocycles. The Labute approximate surface area is 164 Å². The van der Waals surface area contributed by atoms with E-state index in [0.717, 1.165) is 28.1 Å². The van der Waals surface area contributed by atoms with Crippen LogP contribution in [0.15, 0.2) is 53.5 Å². The number of hydrogen-bond donors (Lipinski definition) is 1. The molecule has 0 saturated carbocycles. The van der Waals surface area contributed by atoms with E-state index in [2.05, 4.69) is 16.4 Å². The van der Waals surface area contributed by atoms with Gasteiger partial charge in [-0.15, -0.1) is 0 Å². The molecule has 0 bridgehead atoms. The Morgan fingerprint density at radius 2 is 1.82 bits per heavy atom. The Bertz CT molecular complexity index is 1010. The number of aromatic nitrogens is 2. The summed E-state index contributed by atoms with van der Waals surface area (Å²) in [5.41, 5.74) is 3.62. The Morgan fingerprint density at radius 3 is 2.50 bits per heavy atom. The third kappa shape index (κ3) is 4.34. The van der Waals surface area contributed by atoms with Gasteiger partial charge in [-0.3, -0.25) is 4.79 Å². The molecule has 0 unspecified atom stereocenters. The molecule has 1 heterocycles. The number of aryl methyl sites for hydroxylation is 2. The Morgan fingerprint density at radius 1 is 1.07 bits per heavy atom. The van der Waals surface area contributed by atoms with Gasteiger partial charge in [-0.05, 0) is 37.5 Å². The van der Waals surface area contributed by atoms with E-state index in [1.807, 2.05) is 61.7 Å². The van der Waals surface area contributed by atoms with Crippen molar-refractivity contribution in [3.8, 4) is 11.5 Å². The van der Waals surface area contributed by atoms with Gasteiger partial charge in [-0.25, -0.2) is 0 Å². The zero-order valence-electron chi connectivity index (χ0n) is 16.7. The Hall–Kier alpha value is -3.28. The van der Waals surface area contributed by atoms with E-state index in [9.17, 15) is 4.79 Å². The van der Waals surface area contributed by atoms with Crippen LogP contribution in [0.4, 0.5) is 11.6 Å². The van der Waals surface area contributed by atoms with Crippen LogP contribution in [0.2, 0.25) is 0 Å². The number of nitrogens with one attached hydrogen (secondary N) is 1. The molecule has 6 heteroatoms. The van der Waals surface area contributed by atoms with E-state index in [-0.39, 0.29) is 5.75 Å². The number of nitrogens with zero attached hydrogens (tertiary/aromatic N) is 2. The normalized spacial score (nSPS) is 10.6. The summed E-state index contributed by atoms with van der Waals surface area (Å²) in [5.74, 6) is 1.46. The van der Waals surface area contributed by atoms with Crippen molar-refractivity contribution in [1.82, 2.24) is 9.55 Å². The second-order valence-electron chi connectivity index (χ2n) is 6.54. The van der Waals surface area contributed by atoms with E-state index in [1.54, 1.807) is 6.20 Å². The lowest BCUT2D eigenvalue weighted by molar-refractivity contribution is 0.338. The topological polar surface area (TPSA) is 65.4 Å². The Kier molecular flexibility index (Phi) is 5.99. The lowest BCUT2D eigenvalue weighted by Crippen LogP contribution is -2.19. The van der Waals surface area contributed by atoms with Gasteiger partial charge in [0.1, 0.15) is 5.75 Å². The molecular weight excluding hydrogens is 354 g/mol. The fourth-order valence-corrected chi connectivity index (χ4v) is 3.01. The standard InChI is InChI=1S/C22H25N3O3/c1-5-28-19-12-18(15(2)11-16(19)3)23-22-24-21(26)20(27-4)14-25(22)13-17-9-7-6-8-10-17/h6-12,14H,5,13H2,1-4H3,(H,23,24,26). The first kappa shape index (κ1) is 19.5. The third-order valence-corrected chi connectivity index (χ3v) is 4.45. The van der Waals surface area contributed by atoms with Gasteiger partial charge in [0.25, 0.3) is 0 Å². The van der Waals surface area contributed by atoms with Crippen molar-refractivity contribution in [2.45, 2.75) is 27.3 Å². The molecule has 6 nitrogen and oxygen atoms in total. The van der Waals surface area contributed by atoms with Crippen molar-refractivity contribution in [2.24, 2.45) is 0 Å². The highest BCUT2D eigenvalue weighted by atomic mass is 16.5. The smallest absolute Gasteiger partial charge is 0.316 e. The molecular formula is C22H25N3O3. The molecule has 0 radical (unpaired) electrons. The van der Waals surface area contributed by atoms with Gasteiger partial charge in [0.2, 0.25) is 11.7 Å². The van der Waals surface area contributed by atoms with Crippen molar-refractivity contribution in [2.75, 3.05) is 19.0 Å². The minimum absolute atomic E-state index is 0.206. The molecule has 0 aliphatic carbocycles. The zero-order valence-corrected chi connectivity index (χ0v) is 16.7. The van der Waals surface area contributed by atoms with Crippen LogP contribution in [0, 0.1) is 13.8 Å². The second kappa shape index (κ2) is 8.61. The summed E-state index contributed by atoms with van der Waals surface area (Å²) in [7, 11) is 1.47. The maximum absolute atomic E-state index is 12.3. The van der Waals surface area contributed by atoms with Crippen LogP contribution in [-0.2, 0) is 6.54 Å². The molecule has 0 aliphatic heterocycles. The number of benzene rings is 2. The summed E-state index contributed by atoms with van der Waals surface area (Å²) >= 11 is 0. The average molecular weight is 379 g/mol. The summed E-state index contributed by atoms with van der Waals surface area (Å²) in [6, 6.07) is 14.0. The highest BCUT2D eigenvalue weighted by Gasteiger charge is 2.12. The first-order valence-corrected chi connectivity index (χ1v) is 9.22. The molecule has 3 aromatic rings. The lowest BCUT2D eigenvalue weighted by Gasteiger charge is -2.18. The zero-order chi connectivity index (χ0) is 20.1. The molecule has 0 fully saturated rings. The first-order valence-electron chi connectivity index (χ1n) is 9.22. The predicted octanol–water partition coefficient (Wildman–Crippen LogP) is 4.06. The highest BCUT2D eigenvalue weighted by molar-refractivity contribution is 5.63. The summed E-state index contributed by atoms with van der Waals surface area (Å²) in [6.07, 6.45) is 1.68. The van der Waals surface area contributed by atoms with Crippen LogP contribution in [0.3, 0.4) is 0 Å². The number of hydrogen-bond acceptors (Lipinski definition) is 5. The summed E-state index contributed by atoms with van der Waals surface area (Å²) < 4.78 is 12.8. The predicted molar refractivity (Wildman–Crippen MR) is 111 cm³/mol. The van der Waals surface area contributed by atoms with Gasteiger partial charge in [0.05, 0.1) is 26.5 Å². The van der Waals surface area contributed by atoms with Gasteiger partial charge < -0.3 is 19.4 Å². The molecule has 0 atom stereocenters. The van der Waals surface area contributed by atoms with Crippen molar-refractivity contribution in [1.29, 1.82) is 0 Å². The minimum atomic E-state index is -0.413. The van der Waals surface area contributed by atoms with Gasteiger partial charge in [0.15, 0.2) is 0 Å². The van der Waals surface area contributed by atoms with Crippen LogP contribution in [-0.4, -0.2) is 23.3 Å². The number of ether oxygens (including phenoxy) is 2. The number of methoxy groups -OCH3 is 1. The SMILES string of the molecule is CCOc1cc(Nc2nc(=O)c(OC)cn2Cc2ccccc2)c(C)cc1C. The molecule has 3 rings (SSSR count). The highest BCUT2D eigenvalue weighted by Crippen LogP contribution is 2.28. The van der Waals surface area contributed by atoms with Gasteiger partial charge >= 0.3 is 5.56 Å².